The van der Waals surface area contributed by atoms with E-state index in [1.807, 2.05) is 0 Å². The SMILES string of the molecule is CC1=[N+]2CCCCc3cccc(c32)C1(C)C. The topological polar surface area (TPSA) is 3.01 Å². The number of benzene rings is 1. The maximum absolute atomic E-state index is 2.57. The average Bonchev–Trinajstić information content (AvgIpc) is 2.46. The molecular weight excluding hydrogens is 194 g/mol. The lowest BCUT2D eigenvalue weighted by Gasteiger charge is -2.15. The number of hydrogen-bond donors (Lipinski definition) is 0. The molecule has 16 heavy (non-hydrogen) atoms. The summed E-state index contributed by atoms with van der Waals surface area (Å²) in [7, 11) is 0. The van der Waals surface area contributed by atoms with Crippen LogP contribution in [0.4, 0.5) is 5.69 Å². The molecule has 0 N–H and O–H groups in total. The van der Waals surface area contributed by atoms with Gasteiger partial charge in [-0.2, -0.15) is 4.58 Å². The summed E-state index contributed by atoms with van der Waals surface area (Å²) < 4.78 is 2.57. The van der Waals surface area contributed by atoms with Crippen molar-refractivity contribution in [3.63, 3.8) is 0 Å². The molecule has 1 heteroatoms. The molecule has 1 aromatic carbocycles. The van der Waals surface area contributed by atoms with Crippen molar-refractivity contribution in [2.75, 3.05) is 6.54 Å². The third kappa shape index (κ3) is 1.15. The van der Waals surface area contributed by atoms with Crippen LogP contribution in [0.3, 0.4) is 0 Å². The fourth-order valence-electron chi connectivity index (χ4n) is 3.18. The number of aryl methyl sites for hydroxylation is 1. The first-order valence-corrected chi connectivity index (χ1v) is 6.36. The summed E-state index contributed by atoms with van der Waals surface area (Å²) in [6.07, 6.45) is 3.91. The quantitative estimate of drug-likeness (QED) is 0.582. The first kappa shape index (κ1) is 10.1. The van der Waals surface area contributed by atoms with Gasteiger partial charge in [0, 0.05) is 24.5 Å². The molecule has 0 spiro atoms. The van der Waals surface area contributed by atoms with Crippen LogP contribution in [0.5, 0.6) is 0 Å². The van der Waals surface area contributed by atoms with E-state index in [9.17, 15) is 0 Å². The van der Waals surface area contributed by atoms with Crippen LogP contribution in [0.15, 0.2) is 18.2 Å². The molecule has 3 rings (SSSR count). The van der Waals surface area contributed by atoms with Crippen molar-refractivity contribution in [1.82, 2.24) is 0 Å². The Kier molecular flexibility index (Phi) is 2.01. The van der Waals surface area contributed by atoms with Crippen LogP contribution < -0.4 is 0 Å². The molecule has 2 aliphatic heterocycles. The molecule has 0 fully saturated rings. The van der Waals surface area contributed by atoms with Crippen molar-refractivity contribution in [1.29, 1.82) is 0 Å². The molecule has 0 saturated heterocycles. The number of rotatable bonds is 0. The lowest BCUT2D eigenvalue weighted by Crippen LogP contribution is -2.26. The maximum atomic E-state index is 2.57. The molecule has 0 aromatic heterocycles. The summed E-state index contributed by atoms with van der Waals surface area (Å²) in [5.74, 6) is 0. The molecular formula is C15H20N+. The van der Waals surface area contributed by atoms with Crippen molar-refractivity contribution in [2.45, 2.75) is 45.4 Å². The Balaban J connectivity index is 2.33. The minimum absolute atomic E-state index is 0.225. The highest BCUT2D eigenvalue weighted by Gasteiger charge is 2.44. The van der Waals surface area contributed by atoms with E-state index in [1.54, 1.807) is 5.56 Å². The molecule has 0 atom stereocenters. The Labute approximate surface area is 97.8 Å². The van der Waals surface area contributed by atoms with Crippen molar-refractivity contribution < 1.29 is 4.58 Å². The lowest BCUT2D eigenvalue weighted by molar-refractivity contribution is -0.438. The summed E-state index contributed by atoms with van der Waals surface area (Å²) in [6.45, 7) is 8.22. The van der Waals surface area contributed by atoms with E-state index in [0.717, 1.165) is 0 Å². The van der Waals surface area contributed by atoms with Crippen LogP contribution in [0.2, 0.25) is 0 Å². The Morgan fingerprint density at radius 3 is 2.81 bits per heavy atom. The average molecular weight is 214 g/mol. The van der Waals surface area contributed by atoms with Gasteiger partial charge in [0.2, 0.25) is 5.69 Å². The van der Waals surface area contributed by atoms with Crippen molar-refractivity contribution >= 4 is 11.4 Å². The van der Waals surface area contributed by atoms with Gasteiger partial charge < -0.3 is 0 Å². The van der Waals surface area contributed by atoms with Gasteiger partial charge in [-0.1, -0.05) is 18.2 Å². The zero-order chi connectivity index (χ0) is 11.3. The van der Waals surface area contributed by atoms with Crippen molar-refractivity contribution in [3.05, 3.63) is 29.3 Å². The summed E-state index contributed by atoms with van der Waals surface area (Å²) in [5.41, 5.74) is 6.37. The molecule has 0 bridgehead atoms. The van der Waals surface area contributed by atoms with Gasteiger partial charge in [0.1, 0.15) is 6.54 Å². The van der Waals surface area contributed by atoms with Gasteiger partial charge in [0.25, 0.3) is 0 Å². The summed E-state index contributed by atoms with van der Waals surface area (Å²) >= 11 is 0. The van der Waals surface area contributed by atoms with Crippen LogP contribution in [-0.4, -0.2) is 16.8 Å². The van der Waals surface area contributed by atoms with Crippen LogP contribution in [-0.2, 0) is 11.8 Å². The normalized spacial score (nSPS) is 21.9. The van der Waals surface area contributed by atoms with Gasteiger partial charge in [-0.15, -0.1) is 0 Å². The van der Waals surface area contributed by atoms with E-state index in [0.29, 0.717) is 0 Å². The van der Waals surface area contributed by atoms with E-state index in [1.165, 1.54) is 42.8 Å². The largest absolute Gasteiger partial charge is 0.212 e. The van der Waals surface area contributed by atoms with Crippen LogP contribution in [0.1, 0.15) is 44.7 Å². The fourth-order valence-corrected chi connectivity index (χ4v) is 3.18. The molecule has 0 radical (unpaired) electrons. The van der Waals surface area contributed by atoms with Gasteiger partial charge in [0.15, 0.2) is 5.71 Å². The Hall–Kier alpha value is -1.11. The smallest absolute Gasteiger partial charge is 0.199 e. The fraction of sp³-hybridized carbons (Fsp3) is 0.533. The minimum Gasteiger partial charge on any atom is -0.199 e. The van der Waals surface area contributed by atoms with Gasteiger partial charge in [-0.25, -0.2) is 0 Å². The Morgan fingerprint density at radius 1 is 1.19 bits per heavy atom. The summed E-state index contributed by atoms with van der Waals surface area (Å²) in [5, 5.41) is 0. The Bertz CT molecular complexity index is 480. The van der Waals surface area contributed by atoms with E-state index in [2.05, 4.69) is 43.5 Å². The summed E-state index contributed by atoms with van der Waals surface area (Å²) in [6, 6.07) is 6.86. The van der Waals surface area contributed by atoms with Gasteiger partial charge in [0.05, 0.1) is 5.41 Å². The first-order valence-electron chi connectivity index (χ1n) is 6.36. The second kappa shape index (κ2) is 3.19. The molecule has 84 valence electrons. The number of nitrogens with zero attached hydrogens (tertiary/aromatic N) is 1. The molecule has 0 amide bonds. The van der Waals surface area contributed by atoms with Crippen molar-refractivity contribution in [2.24, 2.45) is 0 Å². The molecule has 2 heterocycles. The third-order valence-electron chi connectivity index (χ3n) is 4.45. The number of hydrogen-bond acceptors (Lipinski definition) is 0. The van der Waals surface area contributed by atoms with Gasteiger partial charge in [-0.3, -0.25) is 0 Å². The van der Waals surface area contributed by atoms with Gasteiger partial charge in [-0.05, 0) is 26.7 Å². The van der Waals surface area contributed by atoms with Crippen LogP contribution >= 0.6 is 0 Å². The standard InChI is InChI=1S/C15H20N/c1-11-15(2,3)13-9-6-8-12-7-4-5-10-16(11)14(12)13/h6,8-9H,4-5,7,10H2,1-3H3/q+1. The monoisotopic (exact) mass is 214 g/mol. The van der Waals surface area contributed by atoms with E-state index in [4.69, 9.17) is 0 Å². The predicted octanol–water partition coefficient (Wildman–Crippen LogP) is 3.42. The summed E-state index contributed by atoms with van der Waals surface area (Å²) in [4.78, 5) is 0. The van der Waals surface area contributed by atoms with Gasteiger partial charge >= 0.3 is 0 Å². The van der Waals surface area contributed by atoms with Crippen LogP contribution in [0, 0.1) is 0 Å². The Morgan fingerprint density at radius 2 is 2.00 bits per heavy atom. The molecule has 0 saturated carbocycles. The highest BCUT2D eigenvalue weighted by molar-refractivity contribution is 5.93. The molecule has 0 unspecified atom stereocenters. The molecule has 0 aliphatic carbocycles. The number of para-hydroxylation sites is 1. The predicted molar refractivity (Wildman–Crippen MR) is 67.9 cm³/mol. The van der Waals surface area contributed by atoms with Crippen LogP contribution in [0.25, 0.3) is 0 Å². The highest BCUT2D eigenvalue weighted by Crippen LogP contribution is 2.42. The first-order chi connectivity index (χ1) is 7.62. The van der Waals surface area contributed by atoms with E-state index < -0.39 is 0 Å². The van der Waals surface area contributed by atoms with E-state index in [-0.39, 0.29) is 5.41 Å². The third-order valence-corrected chi connectivity index (χ3v) is 4.45. The molecule has 2 aliphatic rings. The second-order valence-corrected chi connectivity index (χ2v) is 5.63. The maximum Gasteiger partial charge on any atom is 0.212 e. The van der Waals surface area contributed by atoms with Crippen molar-refractivity contribution in [3.8, 4) is 0 Å². The molecule has 1 nitrogen and oxygen atoms in total. The zero-order valence-electron chi connectivity index (χ0n) is 10.5. The second-order valence-electron chi connectivity index (χ2n) is 5.63. The molecule has 1 aromatic rings. The zero-order valence-corrected chi connectivity index (χ0v) is 10.5. The lowest BCUT2D eigenvalue weighted by atomic mass is 9.81. The minimum atomic E-state index is 0.225. The van der Waals surface area contributed by atoms with E-state index >= 15 is 0 Å². The highest BCUT2D eigenvalue weighted by atomic mass is 15.1.